The Labute approximate surface area is 204 Å². The fourth-order valence-corrected chi connectivity index (χ4v) is 3.83. The molecule has 176 valence electrons. The van der Waals surface area contributed by atoms with Gasteiger partial charge in [0.2, 0.25) is 0 Å². The molecule has 0 atom stereocenters. The van der Waals surface area contributed by atoms with Crippen LogP contribution in [0.15, 0.2) is 97.3 Å². The zero-order chi connectivity index (χ0) is 23.7. The predicted octanol–water partition coefficient (Wildman–Crippen LogP) is 5.34. The number of ether oxygens (including phenoxy) is 1. The van der Waals surface area contributed by atoms with Crippen molar-refractivity contribution in [1.82, 2.24) is 20.3 Å². The van der Waals surface area contributed by atoms with Gasteiger partial charge >= 0.3 is 6.01 Å². The topological polar surface area (TPSA) is 84.1 Å². The molecule has 5 aromatic rings. The second kappa shape index (κ2) is 11.3. The second-order valence-corrected chi connectivity index (χ2v) is 8.05. The maximum atomic E-state index is 5.55. The number of hydrogen-bond donors (Lipinski definition) is 3. The highest BCUT2D eigenvalue weighted by Crippen LogP contribution is 2.22. The van der Waals surface area contributed by atoms with E-state index in [1.165, 1.54) is 11.1 Å². The minimum absolute atomic E-state index is 0.400. The minimum atomic E-state index is 0.400. The Hall–Kier alpha value is -4.20. The summed E-state index contributed by atoms with van der Waals surface area (Å²) in [5.74, 6) is 0. The summed E-state index contributed by atoms with van der Waals surface area (Å²) >= 11 is 0. The van der Waals surface area contributed by atoms with Gasteiger partial charge in [-0.05, 0) is 28.8 Å². The molecular weight excluding hydrogens is 438 g/mol. The molecule has 0 amide bonds. The van der Waals surface area contributed by atoms with Crippen LogP contribution >= 0.6 is 0 Å². The van der Waals surface area contributed by atoms with Crippen molar-refractivity contribution in [2.24, 2.45) is 0 Å². The summed E-state index contributed by atoms with van der Waals surface area (Å²) in [6.07, 6.45) is 3.50. The number of imidazole rings is 1. The Bertz CT molecular complexity index is 1340. The zero-order valence-corrected chi connectivity index (χ0v) is 19.3. The standard InChI is InChI=1S/C18H14N4O.C10H13NO/c1-2-6-13(7-3-1)16-12-20-18(21-16)23-22-15-10-4-8-14-9-5-11-19-17(14)15;1-2-4-10-8-12-6-5-11-7-9(10)3-1/h1-12,22H,(H,20,21);1-4,11H,5-8H2. The molecule has 0 saturated heterocycles. The van der Waals surface area contributed by atoms with E-state index in [2.05, 4.69) is 50.0 Å². The molecular formula is C28H27N5O2. The SMILES string of the molecule is c1ccc(-c2cnc(ONc3cccc4cccnc34)[nH]2)cc1.c1ccc2c(c1)CNCCOC2. The zero-order valence-electron chi connectivity index (χ0n) is 19.3. The molecule has 0 aliphatic carbocycles. The first-order valence-electron chi connectivity index (χ1n) is 11.6. The van der Waals surface area contributed by atoms with Gasteiger partial charge in [0, 0.05) is 24.7 Å². The van der Waals surface area contributed by atoms with Gasteiger partial charge in [0.15, 0.2) is 0 Å². The molecule has 3 aromatic carbocycles. The Morgan fingerprint density at radius 3 is 2.57 bits per heavy atom. The number of pyridine rings is 1. The first-order chi connectivity index (χ1) is 17.4. The van der Waals surface area contributed by atoms with Crippen LogP contribution in [-0.2, 0) is 17.9 Å². The maximum Gasteiger partial charge on any atom is 0.321 e. The van der Waals surface area contributed by atoms with E-state index < -0.39 is 0 Å². The number of nitrogens with one attached hydrogen (secondary N) is 3. The first-order valence-corrected chi connectivity index (χ1v) is 11.6. The van der Waals surface area contributed by atoms with E-state index >= 15 is 0 Å². The molecule has 3 heterocycles. The van der Waals surface area contributed by atoms with E-state index in [0.717, 1.165) is 54.2 Å². The number of nitrogens with zero attached hydrogens (tertiary/aromatic N) is 2. The maximum absolute atomic E-state index is 5.55. The van der Waals surface area contributed by atoms with Crippen LogP contribution < -0.4 is 15.6 Å². The molecule has 35 heavy (non-hydrogen) atoms. The summed E-state index contributed by atoms with van der Waals surface area (Å²) in [4.78, 5) is 17.3. The van der Waals surface area contributed by atoms with Gasteiger partial charge in [-0.25, -0.2) is 10.5 Å². The average molecular weight is 466 g/mol. The van der Waals surface area contributed by atoms with Crippen molar-refractivity contribution >= 4 is 16.6 Å². The van der Waals surface area contributed by atoms with Crippen molar-refractivity contribution in [3.05, 3.63) is 108 Å². The number of benzene rings is 3. The largest absolute Gasteiger partial charge is 0.375 e. The summed E-state index contributed by atoms with van der Waals surface area (Å²) in [5.41, 5.74) is 9.18. The van der Waals surface area contributed by atoms with E-state index in [4.69, 9.17) is 9.57 Å². The van der Waals surface area contributed by atoms with Crippen molar-refractivity contribution in [2.45, 2.75) is 13.2 Å². The van der Waals surface area contributed by atoms with Crippen molar-refractivity contribution < 1.29 is 9.57 Å². The van der Waals surface area contributed by atoms with Gasteiger partial charge < -0.3 is 19.9 Å². The molecule has 7 nitrogen and oxygen atoms in total. The molecule has 7 heteroatoms. The molecule has 0 bridgehead atoms. The lowest BCUT2D eigenvalue weighted by atomic mass is 10.1. The number of anilines is 1. The fraction of sp³-hybridized carbons (Fsp3) is 0.143. The molecule has 0 spiro atoms. The predicted molar refractivity (Wildman–Crippen MR) is 138 cm³/mol. The Balaban J connectivity index is 0.000000178. The monoisotopic (exact) mass is 465 g/mol. The number of rotatable bonds is 4. The molecule has 1 aliphatic rings. The lowest BCUT2D eigenvalue weighted by molar-refractivity contribution is 0.118. The quantitative estimate of drug-likeness (QED) is 0.311. The van der Waals surface area contributed by atoms with Gasteiger partial charge in [-0.2, -0.15) is 0 Å². The fourth-order valence-electron chi connectivity index (χ4n) is 3.83. The molecule has 0 fully saturated rings. The van der Waals surface area contributed by atoms with E-state index in [1.807, 2.05) is 60.7 Å². The second-order valence-electron chi connectivity index (χ2n) is 8.05. The minimum Gasteiger partial charge on any atom is -0.375 e. The Kier molecular flexibility index (Phi) is 7.28. The molecule has 2 aromatic heterocycles. The van der Waals surface area contributed by atoms with Gasteiger partial charge in [0.25, 0.3) is 0 Å². The number of aromatic amines is 1. The number of aromatic nitrogens is 3. The van der Waals surface area contributed by atoms with Crippen LogP contribution in [-0.4, -0.2) is 28.1 Å². The summed E-state index contributed by atoms with van der Waals surface area (Å²) in [5, 5.41) is 4.37. The van der Waals surface area contributed by atoms with E-state index in [-0.39, 0.29) is 0 Å². The van der Waals surface area contributed by atoms with Gasteiger partial charge in [0.05, 0.1) is 36.3 Å². The molecule has 3 N–H and O–H groups in total. The third kappa shape index (κ3) is 5.84. The summed E-state index contributed by atoms with van der Waals surface area (Å²) in [7, 11) is 0. The van der Waals surface area contributed by atoms with Crippen LogP contribution in [0.5, 0.6) is 6.01 Å². The van der Waals surface area contributed by atoms with Crippen LogP contribution in [0.4, 0.5) is 5.69 Å². The highest BCUT2D eigenvalue weighted by Gasteiger charge is 2.06. The molecule has 6 rings (SSSR count). The van der Waals surface area contributed by atoms with Crippen LogP contribution in [0, 0.1) is 0 Å². The lowest BCUT2D eigenvalue weighted by Crippen LogP contribution is -2.22. The number of H-pyrrole nitrogens is 1. The number of hydrogen-bond acceptors (Lipinski definition) is 6. The summed E-state index contributed by atoms with van der Waals surface area (Å²) in [6.45, 7) is 3.50. The number of fused-ring (bicyclic) bond motifs is 2. The first kappa shape index (κ1) is 22.6. The molecule has 0 saturated carbocycles. The van der Waals surface area contributed by atoms with Gasteiger partial charge in [-0.1, -0.05) is 72.8 Å². The third-order valence-electron chi connectivity index (χ3n) is 5.64. The van der Waals surface area contributed by atoms with Crippen molar-refractivity contribution in [1.29, 1.82) is 0 Å². The van der Waals surface area contributed by atoms with E-state index in [1.54, 1.807) is 12.4 Å². The average Bonchev–Trinajstić information content (AvgIpc) is 3.38. The van der Waals surface area contributed by atoms with E-state index in [0.29, 0.717) is 6.01 Å². The molecule has 1 aliphatic heterocycles. The van der Waals surface area contributed by atoms with Gasteiger partial charge in [-0.15, -0.1) is 0 Å². The van der Waals surface area contributed by atoms with E-state index in [9.17, 15) is 0 Å². The smallest absolute Gasteiger partial charge is 0.321 e. The van der Waals surface area contributed by atoms with Crippen molar-refractivity contribution in [3.63, 3.8) is 0 Å². The highest BCUT2D eigenvalue weighted by molar-refractivity contribution is 5.89. The van der Waals surface area contributed by atoms with Crippen LogP contribution in [0.2, 0.25) is 0 Å². The Morgan fingerprint density at radius 1 is 0.829 bits per heavy atom. The summed E-state index contributed by atoms with van der Waals surface area (Å²) < 4.78 is 5.44. The van der Waals surface area contributed by atoms with Crippen molar-refractivity contribution in [2.75, 3.05) is 18.6 Å². The Morgan fingerprint density at radius 2 is 1.66 bits per heavy atom. The lowest BCUT2D eigenvalue weighted by Gasteiger charge is -2.14. The van der Waals surface area contributed by atoms with Crippen molar-refractivity contribution in [3.8, 4) is 17.3 Å². The van der Waals surface area contributed by atoms with Crippen LogP contribution in [0.1, 0.15) is 11.1 Å². The van der Waals surface area contributed by atoms with Gasteiger partial charge in [0.1, 0.15) is 0 Å². The molecule has 0 radical (unpaired) electrons. The van der Waals surface area contributed by atoms with Gasteiger partial charge in [-0.3, -0.25) is 4.98 Å². The normalized spacial score (nSPS) is 13.0. The third-order valence-corrected chi connectivity index (χ3v) is 5.64. The summed E-state index contributed by atoms with van der Waals surface area (Å²) in [6, 6.07) is 28.6. The molecule has 0 unspecified atom stereocenters. The van der Waals surface area contributed by atoms with Crippen LogP contribution in [0.3, 0.4) is 0 Å². The van der Waals surface area contributed by atoms with Crippen LogP contribution in [0.25, 0.3) is 22.2 Å². The number of para-hydroxylation sites is 1. The highest BCUT2D eigenvalue weighted by atomic mass is 16.7.